The van der Waals surface area contributed by atoms with E-state index in [1.807, 2.05) is 33.9 Å². The van der Waals surface area contributed by atoms with Crippen LogP contribution in [0.3, 0.4) is 0 Å². The van der Waals surface area contributed by atoms with Gasteiger partial charge in [0.05, 0.1) is 25.0 Å². The SMILES string of the molecule is CO[C@@H](COS(C)(=O)=O)[C@@H](NC(C)=O)[C@@H](C#N)O[Si](C)(C)C(C)(C)C. The first-order chi connectivity index (χ1) is 11.1. The molecule has 0 aliphatic carbocycles. The van der Waals surface area contributed by atoms with Crippen molar-refractivity contribution in [2.24, 2.45) is 0 Å². The van der Waals surface area contributed by atoms with Crippen LogP contribution in [0.15, 0.2) is 0 Å². The fourth-order valence-electron chi connectivity index (χ4n) is 1.78. The van der Waals surface area contributed by atoms with Crippen LogP contribution in [0.4, 0.5) is 0 Å². The molecule has 146 valence electrons. The summed E-state index contributed by atoms with van der Waals surface area (Å²) in [7, 11) is -4.65. The van der Waals surface area contributed by atoms with E-state index in [1.54, 1.807) is 0 Å². The molecule has 0 saturated heterocycles. The number of carbonyl (C=O) groups excluding carboxylic acids is 1. The first-order valence-electron chi connectivity index (χ1n) is 7.86. The van der Waals surface area contributed by atoms with E-state index in [9.17, 15) is 18.5 Å². The minimum absolute atomic E-state index is 0.144. The summed E-state index contributed by atoms with van der Waals surface area (Å²) in [6, 6.07) is 1.19. The van der Waals surface area contributed by atoms with Gasteiger partial charge in [0, 0.05) is 14.0 Å². The predicted molar refractivity (Wildman–Crippen MR) is 96.9 cm³/mol. The largest absolute Gasteiger partial charge is 0.400 e. The van der Waals surface area contributed by atoms with E-state index in [0.717, 1.165) is 6.26 Å². The molecule has 0 rings (SSSR count). The molecule has 0 aliphatic heterocycles. The minimum Gasteiger partial charge on any atom is -0.400 e. The topological polar surface area (TPSA) is 115 Å². The van der Waals surface area contributed by atoms with Crippen molar-refractivity contribution in [1.82, 2.24) is 5.32 Å². The first kappa shape index (κ1) is 24.0. The Bertz CT molecular complexity index is 594. The molecular weight excluding hydrogens is 364 g/mol. The van der Waals surface area contributed by atoms with Crippen LogP contribution in [0.25, 0.3) is 0 Å². The van der Waals surface area contributed by atoms with Crippen LogP contribution in [0.5, 0.6) is 0 Å². The molecule has 8 nitrogen and oxygen atoms in total. The van der Waals surface area contributed by atoms with Gasteiger partial charge >= 0.3 is 0 Å². The van der Waals surface area contributed by atoms with Gasteiger partial charge < -0.3 is 14.5 Å². The lowest BCUT2D eigenvalue weighted by molar-refractivity contribution is -0.121. The molecule has 0 saturated carbocycles. The molecule has 0 bridgehead atoms. The third-order valence-electron chi connectivity index (χ3n) is 4.20. The second kappa shape index (κ2) is 9.09. The summed E-state index contributed by atoms with van der Waals surface area (Å²) >= 11 is 0. The fraction of sp³-hybridized carbons (Fsp3) is 0.867. The highest BCUT2D eigenvalue weighted by Gasteiger charge is 2.43. The predicted octanol–water partition coefficient (Wildman–Crippen LogP) is 1.40. The molecule has 0 unspecified atom stereocenters. The lowest BCUT2D eigenvalue weighted by Crippen LogP contribution is -2.57. The van der Waals surface area contributed by atoms with Crippen LogP contribution in [0, 0.1) is 11.3 Å². The number of nitriles is 1. The number of nitrogens with zero attached hydrogens (tertiary/aromatic N) is 1. The van der Waals surface area contributed by atoms with E-state index in [2.05, 4.69) is 11.4 Å². The normalized spacial score (nSPS) is 16.6. The number of rotatable bonds is 9. The second-order valence-electron chi connectivity index (χ2n) is 7.42. The van der Waals surface area contributed by atoms with Crippen LogP contribution < -0.4 is 5.32 Å². The Labute approximate surface area is 152 Å². The molecule has 0 aliphatic rings. The zero-order chi connectivity index (χ0) is 20.1. The molecule has 0 aromatic carbocycles. The molecule has 25 heavy (non-hydrogen) atoms. The van der Waals surface area contributed by atoms with Gasteiger partial charge in [-0.1, -0.05) is 20.8 Å². The molecule has 1 amide bonds. The quantitative estimate of drug-likeness (QED) is 0.464. The van der Waals surface area contributed by atoms with Crippen LogP contribution >= 0.6 is 0 Å². The van der Waals surface area contributed by atoms with E-state index in [4.69, 9.17) is 13.3 Å². The molecule has 1 N–H and O–H groups in total. The van der Waals surface area contributed by atoms with Crippen molar-refractivity contribution in [2.45, 2.75) is 64.1 Å². The van der Waals surface area contributed by atoms with Crippen molar-refractivity contribution in [2.75, 3.05) is 20.0 Å². The number of nitrogens with one attached hydrogen (secondary N) is 1. The van der Waals surface area contributed by atoms with Gasteiger partial charge in [0.2, 0.25) is 5.91 Å². The van der Waals surface area contributed by atoms with Gasteiger partial charge in [0.25, 0.3) is 10.1 Å². The third-order valence-corrected chi connectivity index (χ3v) is 9.22. The van der Waals surface area contributed by atoms with Crippen molar-refractivity contribution in [1.29, 1.82) is 5.26 Å². The number of amides is 1. The van der Waals surface area contributed by atoms with Crippen LogP contribution in [0.2, 0.25) is 18.1 Å². The molecule has 0 aromatic rings. The first-order valence-corrected chi connectivity index (χ1v) is 12.6. The number of hydrogen-bond acceptors (Lipinski definition) is 7. The summed E-state index contributed by atoms with van der Waals surface area (Å²) in [6.45, 7) is 11.0. The van der Waals surface area contributed by atoms with E-state index in [0.29, 0.717) is 0 Å². The van der Waals surface area contributed by atoms with Gasteiger partial charge in [-0.15, -0.1) is 0 Å². The highest BCUT2D eigenvalue weighted by Crippen LogP contribution is 2.37. The minimum atomic E-state index is -3.69. The Kier molecular flexibility index (Phi) is 8.73. The summed E-state index contributed by atoms with van der Waals surface area (Å²) in [4.78, 5) is 11.6. The average molecular weight is 395 g/mol. The highest BCUT2D eigenvalue weighted by atomic mass is 32.2. The van der Waals surface area contributed by atoms with Gasteiger partial charge in [-0.05, 0) is 18.1 Å². The van der Waals surface area contributed by atoms with Crippen molar-refractivity contribution < 1.29 is 26.6 Å². The lowest BCUT2D eigenvalue weighted by Gasteiger charge is -2.40. The van der Waals surface area contributed by atoms with E-state index < -0.39 is 36.7 Å². The molecule has 0 aromatic heterocycles. The highest BCUT2D eigenvalue weighted by molar-refractivity contribution is 7.85. The number of hydrogen-bond donors (Lipinski definition) is 1. The maximum atomic E-state index is 11.6. The van der Waals surface area contributed by atoms with Gasteiger partial charge in [-0.25, -0.2) is 0 Å². The smallest absolute Gasteiger partial charge is 0.264 e. The molecule has 10 heteroatoms. The number of methoxy groups -OCH3 is 1. The molecule has 0 spiro atoms. The Hall–Kier alpha value is -0.993. The monoisotopic (exact) mass is 394 g/mol. The molecule has 0 radical (unpaired) electrons. The van der Waals surface area contributed by atoms with Crippen LogP contribution in [0.1, 0.15) is 27.7 Å². The van der Waals surface area contributed by atoms with Crippen molar-refractivity contribution in [3.8, 4) is 6.07 Å². The molecular formula is C15H30N2O6SSi. The summed E-state index contributed by atoms with van der Waals surface area (Å²) in [5.41, 5.74) is 0. The van der Waals surface area contributed by atoms with Crippen molar-refractivity contribution in [3.63, 3.8) is 0 Å². The zero-order valence-corrected chi connectivity index (χ0v) is 18.1. The zero-order valence-electron chi connectivity index (χ0n) is 16.2. The molecule has 0 heterocycles. The lowest BCUT2D eigenvalue weighted by atomic mass is 10.1. The summed E-state index contributed by atoms with van der Waals surface area (Å²) in [5, 5.41) is 12.1. The Morgan fingerprint density at radius 2 is 1.84 bits per heavy atom. The van der Waals surface area contributed by atoms with Gasteiger partial charge in [0.15, 0.2) is 14.4 Å². The Morgan fingerprint density at radius 1 is 1.32 bits per heavy atom. The Balaban J connectivity index is 5.57. The molecule has 3 atom stereocenters. The van der Waals surface area contributed by atoms with Crippen LogP contribution in [-0.4, -0.2) is 60.9 Å². The average Bonchev–Trinajstić information content (AvgIpc) is 2.41. The summed E-state index contributed by atoms with van der Waals surface area (Å²) in [5.74, 6) is -0.384. The summed E-state index contributed by atoms with van der Waals surface area (Å²) in [6.07, 6.45) is -0.952. The van der Waals surface area contributed by atoms with Crippen LogP contribution in [-0.2, 0) is 28.3 Å². The van der Waals surface area contributed by atoms with E-state index in [-0.39, 0.29) is 17.6 Å². The fourth-order valence-corrected chi connectivity index (χ4v) is 3.35. The number of carbonyl (C=O) groups is 1. The second-order valence-corrected chi connectivity index (χ2v) is 13.8. The van der Waals surface area contributed by atoms with Crippen molar-refractivity contribution >= 4 is 24.3 Å². The van der Waals surface area contributed by atoms with E-state index >= 15 is 0 Å². The van der Waals surface area contributed by atoms with Gasteiger partial charge in [-0.2, -0.15) is 13.7 Å². The standard InChI is InChI=1S/C15H30N2O6SSi/c1-11(18)17-14(13(21-5)10-22-24(6,19)20)12(9-16)23-25(7,8)15(2,3)4/h12-14H,10H2,1-8H3,(H,17,18)/t12-,13+,14+/m1/s1. The van der Waals surface area contributed by atoms with E-state index in [1.165, 1.54) is 14.0 Å². The van der Waals surface area contributed by atoms with Gasteiger partial charge in [-0.3, -0.25) is 8.98 Å². The van der Waals surface area contributed by atoms with Crippen molar-refractivity contribution in [3.05, 3.63) is 0 Å². The van der Waals surface area contributed by atoms with Gasteiger partial charge in [0.1, 0.15) is 6.10 Å². The Morgan fingerprint density at radius 3 is 2.16 bits per heavy atom. The summed E-state index contributed by atoms with van der Waals surface area (Å²) < 4.78 is 38.6. The third kappa shape index (κ3) is 8.28. The maximum absolute atomic E-state index is 11.6. The number of ether oxygens (including phenoxy) is 1. The molecule has 0 fully saturated rings. The maximum Gasteiger partial charge on any atom is 0.264 e.